The van der Waals surface area contributed by atoms with Gasteiger partial charge in [0.25, 0.3) is 0 Å². The Balaban J connectivity index is 2.53. The quantitative estimate of drug-likeness (QED) is 0.911. The van der Waals surface area contributed by atoms with E-state index in [2.05, 4.69) is 31.0 Å². The first-order valence-electron chi connectivity index (χ1n) is 4.92. The van der Waals surface area contributed by atoms with Crippen LogP contribution in [0.1, 0.15) is 12.6 Å². The van der Waals surface area contributed by atoms with E-state index in [4.69, 9.17) is 5.73 Å². The van der Waals surface area contributed by atoms with Crippen LogP contribution in [0.2, 0.25) is 0 Å². The molecule has 2 heterocycles. The summed E-state index contributed by atoms with van der Waals surface area (Å²) in [5, 5.41) is 4.34. The Bertz CT molecular complexity index is 520. The van der Waals surface area contributed by atoms with Crippen LogP contribution in [0.15, 0.2) is 16.9 Å². The van der Waals surface area contributed by atoms with Gasteiger partial charge in [-0.3, -0.25) is 4.68 Å². The summed E-state index contributed by atoms with van der Waals surface area (Å²) in [5.74, 6) is 1.06. The normalized spacial score (nSPS) is 10.7. The van der Waals surface area contributed by atoms with Crippen molar-refractivity contribution in [2.75, 3.05) is 5.73 Å². The van der Waals surface area contributed by atoms with Gasteiger partial charge in [0.15, 0.2) is 5.82 Å². The van der Waals surface area contributed by atoms with Crippen LogP contribution in [-0.4, -0.2) is 19.7 Å². The fourth-order valence-electron chi connectivity index (χ4n) is 1.49. The molecule has 0 aliphatic rings. The largest absolute Gasteiger partial charge is 0.383 e. The summed E-state index contributed by atoms with van der Waals surface area (Å²) < 4.78 is 2.47. The molecule has 0 aliphatic carbocycles. The third-order valence-corrected chi connectivity index (χ3v) is 2.86. The zero-order valence-electron chi connectivity index (χ0n) is 9.11. The third-order valence-electron chi connectivity index (χ3n) is 2.25. The Morgan fingerprint density at radius 3 is 2.88 bits per heavy atom. The minimum absolute atomic E-state index is 0.441. The van der Waals surface area contributed by atoms with E-state index in [0.29, 0.717) is 16.1 Å². The van der Waals surface area contributed by atoms with Crippen LogP contribution in [0, 0.1) is 0 Å². The highest BCUT2D eigenvalue weighted by molar-refractivity contribution is 9.10. The predicted molar refractivity (Wildman–Crippen MR) is 65.7 cm³/mol. The highest BCUT2D eigenvalue weighted by Crippen LogP contribution is 2.23. The molecule has 0 aromatic carbocycles. The SMILES string of the molecule is CCc1nn(C)cc1-c1ncc(Br)c(N)n1. The third kappa shape index (κ3) is 1.92. The van der Waals surface area contributed by atoms with Crippen molar-refractivity contribution in [2.45, 2.75) is 13.3 Å². The molecule has 16 heavy (non-hydrogen) atoms. The maximum Gasteiger partial charge on any atom is 0.165 e. The molecule has 2 rings (SSSR count). The molecule has 2 N–H and O–H groups in total. The van der Waals surface area contributed by atoms with Gasteiger partial charge in [-0.05, 0) is 22.4 Å². The molecule has 0 unspecified atom stereocenters. The number of rotatable bonds is 2. The van der Waals surface area contributed by atoms with E-state index in [1.807, 2.05) is 20.2 Å². The van der Waals surface area contributed by atoms with Gasteiger partial charge in [0.1, 0.15) is 5.82 Å². The number of nitrogen functional groups attached to an aromatic ring is 1. The first-order chi connectivity index (χ1) is 7.61. The lowest BCUT2D eigenvalue weighted by Gasteiger charge is -2.01. The van der Waals surface area contributed by atoms with E-state index in [1.54, 1.807) is 10.9 Å². The van der Waals surface area contributed by atoms with Crippen LogP contribution < -0.4 is 5.73 Å². The molecular weight excluding hydrogens is 270 g/mol. The van der Waals surface area contributed by atoms with Gasteiger partial charge < -0.3 is 5.73 Å². The summed E-state index contributed by atoms with van der Waals surface area (Å²) in [4.78, 5) is 8.47. The first-order valence-corrected chi connectivity index (χ1v) is 5.72. The van der Waals surface area contributed by atoms with Crippen molar-refractivity contribution in [3.05, 3.63) is 22.6 Å². The lowest BCUT2D eigenvalue weighted by Crippen LogP contribution is -1.97. The van der Waals surface area contributed by atoms with Crippen LogP contribution in [0.5, 0.6) is 0 Å². The molecule has 2 aromatic rings. The lowest BCUT2D eigenvalue weighted by molar-refractivity contribution is 0.746. The molecule has 5 nitrogen and oxygen atoms in total. The first kappa shape index (κ1) is 11.1. The zero-order valence-corrected chi connectivity index (χ0v) is 10.7. The Kier molecular flexibility index (Phi) is 2.91. The fourth-order valence-corrected chi connectivity index (χ4v) is 1.68. The molecule has 0 atom stereocenters. The molecule has 2 aromatic heterocycles. The smallest absolute Gasteiger partial charge is 0.165 e. The van der Waals surface area contributed by atoms with Crippen LogP contribution >= 0.6 is 15.9 Å². The Morgan fingerprint density at radius 2 is 2.25 bits per heavy atom. The Morgan fingerprint density at radius 1 is 1.50 bits per heavy atom. The molecule has 0 radical (unpaired) electrons. The number of hydrogen-bond acceptors (Lipinski definition) is 4. The van der Waals surface area contributed by atoms with Crippen molar-refractivity contribution in [3.63, 3.8) is 0 Å². The second kappa shape index (κ2) is 4.21. The van der Waals surface area contributed by atoms with Crippen LogP contribution in [0.25, 0.3) is 11.4 Å². The number of halogens is 1. The average molecular weight is 282 g/mol. The molecule has 0 spiro atoms. The number of aromatic nitrogens is 4. The number of aryl methyl sites for hydroxylation is 2. The van der Waals surface area contributed by atoms with E-state index >= 15 is 0 Å². The van der Waals surface area contributed by atoms with Gasteiger partial charge in [-0.2, -0.15) is 5.10 Å². The van der Waals surface area contributed by atoms with Gasteiger partial charge in [-0.1, -0.05) is 6.92 Å². The number of anilines is 1. The summed E-state index contributed by atoms with van der Waals surface area (Å²) in [6.45, 7) is 2.05. The van der Waals surface area contributed by atoms with Crippen molar-refractivity contribution in [1.82, 2.24) is 19.7 Å². The average Bonchev–Trinajstić information content (AvgIpc) is 2.63. The number of nitrogens with two attached hydrogens (primary N) is 1. The molecule has 6 heteroatoms. The van der Waals surface area contributed by atoms with Crippen molar-refractivity contribution in [2.24, 2.45) is 7.05 Å². The van der Waals surface area contributed by atoms with Crippen molar-refractivity contribution < 1.29 is 0 Å². The van der Waals surface area contributed by atoms with E-state index in [9.17, 15) is 0 Å². The van der Waals surface area contributed by atoms with E-state index in [-0.39, 0.29) is 0 Å². The maximum absolute atomic E-state index is 5.73. The fraction of sp³-hybridized carbons (Fsp3) is 0.300. The highest BCUT2D eigenvalue weighted by atomic mass is 79.9. The van der Waals surface area contributed by atoms with Gasteiger partial charge in [-0.25, -0.2) is 9.97 Å². The van der Waals surface area contributed by atoms with E-state index in [0.717, 1.165) is 17.7 Å². The molecule has 84 valence electrons. The summed E-state index contributed by atoms with van der Waals surface area (Å²) in [7, 11) is 1.88. The minimum Gasteiger partial charge on any atom is -0.383 e. The molecule has 0 aliphatic heterocycles. The van der Waals surface area contributed by atoms with E-state index in [1.165, 1.54) is 0 Å². The Hall–Kier alpha value is -1.43. The predicted octanol–water partition coefficient (Wildman–Crippen LogP) is 1.78. The van der Waals surface area contributed by atoms with Gasteiger partial charge >= 0.3 is 0 Å². The summed E-state index contributed by atoms with van der Waals surface area (Å²) in [5.41, 5.74) is 7.64. The van der Waals surface area contributed by atoms with Gasteiger partial charge in [-0.15, -0.1) is 0 Å². The monoisotopic (exact) mass is 281 g/mol. The molecule has 0 fully saturated rings. The highest BCUT2D eigenvalue weighted by Gasteiger charge is 2.12. The van der Waals surface area contributed by atoms with Crippen LogP contribution in [0.4, 0.5) is 5.82 Å². The van der Waals surface area contributed by atoms with E-state index < -0.39 is 0 Å². The summed E-state index contributed by atoms with van der Waals surface area (Å²) >= 11 is 3.27. The number of nitrogens with zero attached hydrogens (tertiary/aromatic N) is 4. The molecule has 0 saturated carbocycles. The second-order valence-corrected chi connectivity index (χ2v) is 4.30. The van der Waals surface area contributed by atoms with Crippen LogP contribution in [-0.2, 0) is 13.5 Å². The molecule has 0 bridgehead atoms. The topological polar surface area (TPSA) is 69.6 Å². The maximum atomic E-state index is 5.73. The second-order valence-electron chi connectivity index (χ2n) is 3.44. The van der Waals surface area contributed by atoms with Gasteiger partial charge in [0, 0.05) is 19.4 Å². The standard InChI is InChI=1S/C10H12BrN5/c1-3-8-6(5-16(2)15-8)10-13-4-7(11)9(12)14-10/h4-5H,3H2,1-2H3,(H2,12,13,14). The molecule has 0 saturated heterocycles. The number of hydrogen-bond donors (Lipinski definition) is 1. The van der Waals surface area contributed by atoms with Gasteiger partial charge in [0.2, 0.25) is 0 Å². The summed E-state index contributed by atoms with van der Waals surface area (Å²) in [6, 6.07) is 0. The molecule has 0 amide bonds. The van der Waals surface area contributed by atoms with Crippen LogP contribution in [0.3, 0.4) is 0 Å². The van der Waals surface area contributed by atoms with Crippen molar-refractivity contribution in [1.29, 1.82) is 0 Å². The van der Waals surface area contributed by atoms with Crippen molar-refractivity contribution in [3.8, 4) is 11.4 Å². The lowest BCUT2D eigenvalue weighted by atomic mass is 10.2. The Labute approximate surface area is 102 Å². The minimum atomic E-state index is 0.441. The van der Waals surface area contributed by atoms with Gasteiger partial charge in [0.05, 0.1) is 15.7 Å². The molecular formula is C10H12BrN5. The zero-order chi connectivity index (χ0) is 11.7. The van der Waals surface area contributed by atoms with Crippen molar-refractivity contribution >= 4 is 21.7 Å². The summed E-state index contributed by atoms with van der Waals surface area (Å²) in [6.07, 6.45) is 4.40.